The number of aromatic nitrogens is 4. The van der Waals surface area contributed by atoms with Crippen LogP contribution in [-0.2, 0) is 0 Å². The Balaban J connectivity index is 1.44. The van der Waals surface area contributed by atoms with Gasteiger partial charge in [-0.3, -0.25) is 9.59 Å². The third-order valence-corrected chi connectivity index (χ3v) is 5.45. The van der Waals surface area contributed by atoms with Crippen LogP contribution >= 0.6 is 0 Å². The molecule has 1 aliphatic heterocycles. The van der Waals surface area contributed by atoms with E-state index in [1.54, 1.807) is 12.5 Å². The maximum absolute atomic E-state index is 12.9. The summed E-state index contributed by atoms with van der Waals surface area (Å²) >= 11 is 0. The van der Waals surface area contributed by atoms with E-state index in [1.165, 1.54) is 29.7 Å². The molecule has 28 heavy (non-hydrogen) atoms. The van der Waals surface area contributed by atoms with Crippen molar-refractivity contribution in [1.82, 2.24) is 24.6 Å². The van der Waals surface area contributed by atoms with E-state index < -0.39 is 0 Å². The van der Waals surface area contributed by atoms with Gasteiger partial charge in [0.1, 0.15) is 17.8 Å². The summed E-state index contributed by atoms with van der Waals surface area (Å²) in [5.74, 6) is 0.876. The van der Waals surface area contributed by atoms with Crippen molar-refractivity contribution in [3.8, 4) is 0 Å². The smallest absolute Gasteiger partial charge is 0.274 e. The molecule has 0 unspecified atom stereocenters. The highest BCUT2D eigenvalue weighted by Crippen LogP contribution is 2.35. The minimum Gasteiger partial charge on any atom is -0.350 e. The number of hydrogen-bond acceptors (Lipinski definition) is 6. The van der Waals surface area contributed by atoms with Crippen LogP contribution in [-0.4, -0.2) is 55.7 Å². The lowest BCUT2D eigenvalue weighted by Gasteiger charge is -2.39. The Morgan fingerprint density at radius 2 is 1.82 bits per heavy atom. The van der Waals surface area contributed by atoms with Gasteiger partial charge >= 0.3 is 0 Å². The van der Waals surface area contributed by atoms with Gasteiger partial charge in [0.2, 0.25) is 0 Å². The predicted octanol–water partition coefficient (Wildman–Crippen LogP) is 1.89. The van der Waals surface area contributed by atoms with E-state index in [9.17, 15) is 9.59 Å². The molecule has 2 aromatic rings. The number of hydrogen-bond donors (Lipinski definition) is 0. The number of carbonyl (C=O) groups excluding carboxylic acids is 1. The summed E-state index contributed by atoms with van der Waals surface area (Å²) in [4.78, 5) is 37.5. The Morgan fingerprint density at radius 3 is 2.43 bits per heavy atom. The molecule has 4 rings (SSSR count). The van der Waals surface area contributed by atoms with Crippen LogP contribution < -0.4 is 10.5 Å². The van der Waals surface area contributed by atoms with Crippen molar-refractivity contribution in [2.45, 2.75) is 57.7 Å². The summed E-state index contributed by atoms with van der Waals surface area (Å²) in [6, 6.07) is 5.78. The predicted molar refractivity (Wildman–Crippen MR) is 105 cm³/mol. The highest BCUT2D eigenvalue weighted by Gasteiger charge is 2.37. The van der Waals surface area contributed by atoms with E-state index in [-0.39, 0.29) is 17.5 Å². The van der Waals surface area contributed by atoms with E-state index in [1.807, 2.05) is 24.8 Å². The van der Waals surface area contributed by atoms with Crippen molar-refractivity contribution in [1.29, 1.82) is 0 Å². The molecule has 2 aromatic heterocycles. The average molecular weight is 382 g/mol. The first kappa shape index (κ1) is 18.6. The lowest BCUT2D eigenvalue weighted by Crippen LogP contribution is -2.48. The van der Waals surface area contributed by atoms with Gasteiger partial charge in [-0.1, -0.05) is 0 Å². The maximum atomic E-state index is 12.9. The fourth-order valence-corrected chi connectivity index (χ4v) is 3.88. The average Bonchev–Trinajstić information content (AvgIpc) is 3.54. The largest absolute Gasteiger partial charge is 0.350 e. The minimum absolute atomic E-state index is 0.0778. The van der Waals surface area contributed by atoms with Gasteiger partial charge in [-0.05, 0) is 51.7 Å². The van der Waals surface area contributed by atoms with E-state index in [0.29, 0.717) is 30.9 Å². The summed E-state index contributed by atoms with van der Waals surface area (Å²) in [7, 11) is 0. The first-order chi connectivity index (χ1) is 13.5. The standard InChI is InChI=1S/C20H26N6O2/c1-14(2)26-19(27)6-5-17(23-26)20(28)24-11-8-16(9-12-24)25(15-3-4-15)18-7-10-21-13-22-18/h5-7,10,13-16H,3-4,8-9,11-12H2,1-2H3. The SMILES string of the molecule is CC(C)n1nc(C(=O)N2CCC(N(c3ccncn3)C3CC3)CC2)ccc1=O. The molecule has 8 heteroatoms. The maximum Gasteiger partial charge on any atom is 0.274 e. The number of anilines is 1. The van der Waals surface area contributed by atoms with Gasteiger partial charge in [0, 0.05) is 37.4 Å². The van der Waals surface area contributed by atoms with Gasteiger partial charge < -0.3 is 9.80 Å². The van der Waals surface area contributed by atoms with Crippen molar-refractivity contribution in [3.05, 3.63) is 46.8 Å². The van der Waals surface area contributed by atoms with Crippen LogP contribution in [0.4, 0.5) is 5.82 Å². The monoisotopic (exact) mass is 382 g/mol. The lowest BCUT2D eigenvalue weighted by atomic mass is 10.0. The van der Waals surface area contributed by atoms with Gasteiger partial charge in [-0.2, -0.15) is 5.10 Å². The van der Waals surface area contributed by atoms with Gasteiger partial charge in [0.05, 0.1) is 6.04 Å². The molecule has 1 saturated heterocycles. The zero-order valence-corrected chi connectivity index (χ0v) is 16.4. The Labute approximate surface area is 164 Å². The summed E-state index contributed by atoms with van der Waals surface area (Å²) in [6.07, 6.45) is 7.57. The molecule has 2 fully saturated rings. The quantitative estimate of drug-likeness (QED) is 0.785. The summed E-state index contributed by atoms with van der Waals surface area (Å²) in [5.41, 5.74) is 0.150. The molecule has 0 bridgehead atoms. The fraction of sp³-hybridized carbons (Fsp3) is 0.550. The molecule has 0 aromatic carbocycles. The molecule has 0 spiro atoms. The number of piperidine rings is 1. The van der Waals surface area contributed by atoms with Gasteiger partial charge in [-0.25, -0.2) is 14.6 Å². The second kappa shape index (κ2) is 7.69. The highest BCUT2D eigenvalue weighted by molar-refractivity contribution is 5.92. The third kappa shape index (κ3) is 3.76. The molecule has 148 valence electrons. The van der Waals surface area contributed by atoms with E-state index in [4.69, 9.17) is 0 Å². The lowest BCUT2D eigenvalue weighted by molar-refractivity contribution is 0.0702. The number of rotatable bonds is 5. The first-order valence-electron chi connectivity index (χ1n) is 9.98. The van der Waals surface area contributed by atoms with Crippen LogP contribution in [0.5, 0.6) is 0 Å². The van der Waals surface area contributed by atoms with Crippen LogP contribution in [0, 0.1) is 0 Å². The minimum atomic E-state index is -0.185. The Morgan fingerprint density at radius 1 is 1.11 bits per heavy atom. The number of likely N-dealkylation sites (tertiary alicyclic amines) is 1. The number of carbonyl (C=O) groups is 1. The van der Waals surface area contributed by atoms with Crippen LogP contribution in [0.1, 0.15) is 56.1 Å². The fourth-order valence-electron chi connectivity index (χ4n) is 3.88. The molecule has 8 nitrogen and oxygen atoms in total. The van der Waals surface area contributed by atoms with Crippen LogP contribution in [0.2, 0.25) is 0 Å². The number of amides is 1. The van der Waals surface area contributed by atoms with E-state index in [0.717, 1.165) is 18.7 Å². The zero-order chi connectivity index (χ0) is 19.7. The molecule has 0 N–H and O–H groups in total. The van der Waals surface area contributed by atoms with Gasteiger partial charge in [-0.15, -0.1) is 0 Å². The van der Waals surface area contributed by atoms with Crippen molar-refractivity contribution < 1.29 is 4.79 Å². The third-order valence-electron chi connectivity index (χ3n) is 5.45. The summed E-state index contributed by atoms with van der Waals surface area (Å²) < 4.78 is 1.37. The molecule has 0 radical (unpaired) electrons. The molecule has 1 aliphatic carbocycles. The Hall–Kier alpha value is -2.77. The Kier molecular flexibility index (Phi) is 5.11. The molecule has 2 aliphatic rings. The highest BCUT2D eigenvalue weighted by atomic mass is 16.2. The second-order valence-electron chi connectivity index (χ2n) is 7.82. The van der Waals surface area contributed by atoms with Crippen molar-refractivity contribution in [3.63, 3.8) is 0 Å². The van der Waals surface area contributed by atoms with Crippen molar-refractivity contribution in [2.75, 3.05) is 18.0 Å². The Bertz CT molecular complexity index is 885. The van der Waals surface area contributed by atoms with Crippen molar-refractivity contribution >= 4 is 11.7 Å². The number of nitrogens with zero attached hydrogens (tertiary/aromatic N) is 6. The van der Waals surface area contributed by atoms with E-state index >= 15 is 0 Å². The summed E-state index contributed by atoms with van der Waals surface area (Å²) in [5, 5.41) is 4.27. The normalized spacial score (nSPS) is 17.8. The molecule has 1 saturated carbocycles. The van der Waals surface area contributed by atoms with Crippen LogP contribution in [0.25, 0.3) is 0 Å². The van der Waals surface area contributed by atoms with Gasteiger partial charge in [0.25, 0.3) is 11.5 Å². The topological polar surface area (TPSA) is 84.2 Å². The van der Waals surface area contributed by atoms with Crippen LogP contribution in [0.15, 0.2) is 35.5 Å². The molecule has 1 amide bonds. The molecular weight excluding hydrogens is 356 g/mol. The van der Waals surface area contributed by atoms with E-state index in [2.05, 4.69) is 20.0 Å². The first-order valence-corrected chi connectivity index (χ1v) is 9.98. The molecule has 0 atom stereocenters. The second-order valence-corrected chi connectivity index (χ2v) is 7.82. The van der Waals surface area contributed by atoms with Crippen molar-refractivity contribution in [2.24, 2.45) is 0 Å². The zero-order valence-electron chi connectivity index (χ0n) is 16.4. The summed E-state index contributed by atoms with van der Waals surface area (Å²) in [6.45, 7) is 5.13. The van der Waals surface area contributed by atoms with Crippen LogP contribution in [0.3, 0.4) is 0 Å². The van der Waals surface area contributed by atoms with Gasteiger partial charge in [0.15, 0.2) is 0 Å². The molecule has 3 heterocycles. The molecular formula is C20H26N6O2.